The van der Waals surface area contributed by atoms with Crippen molar-refractivity contribution in [1.82, 2.24) is 4.90 Å². The molecule has 0 saturated carbocycles. The number of hydrogen-bond acceptors (Lipinski definition) is 3. The summed E-state index contributed by atoms with van der Waals surface area (Å²) < 4.78 is 0. The van der Waals surface area contributed by atoms with E-state index in [-0.39, 0.29) is 42.0 Å². The van der Waals surface area contributed by atoms with Gasteiger partial charge in [-0.3, -0.25) is 4.79 Å². The third-order valence-electron chi connectivity index (χ3n) is 4.44. The quantitative estimate of drug-likeness (QED) is 0.218. The van der Waals surface area contributed by atoms with E-state index in [1.807, 2.05) is 0 Å². The van der Waals surface area contributed by atoms with Crippen molar-refractivity contribution in [2.24, 2.45) is 0 Å². The third kappa shape index (κ3) is 20.0. The molecular formula is C21H38NNaO3. The fourth-order valence-corrected chi connectivity index (χ4v) is 2.82. The van der Waals surface area contributed by atoms with Crippen molar-refractivity contribution in [2.75, 3.05) is 13.6 Å². The second kappa shape index (κ2) is 21.0. The Morgan fingerprint density at radius 2 is 1.27 bits per heavy atom. The van der Waals surface area contributed by atoms with Crippen LogP contribution in [-0.2, 0) is 9.59 Å². The molecule has 0 aliphatic carbocycles. The average Bonchev–Trinajstić information content (AvgIpc) is 2.57. The molecule has 0 aromatic carbocycles. The van der Waals surface area contributed by atoms with E-state index in [0.29, 0.717) is 6.42 Å². The Morgan fingerprint density at radius 3 is 1.77 bits per heavy atom. The minimum absolute atomic E-state index is 0. The zero-order valence-electron chi connectivity index (χ0n) is 17.4. The largest absolute Gasteiger partial charge is 1.00 e. The summed E-state index contributed by atoms with van der Waals surface area (Å²) in [4.78, 5) is 23.3. The Labute approximate surface area is 183 Å². The van der Waals surface area contributed by atoms with Crippen LogP contribution in [-0.4, -0.2) is 30.4 Å². The molecule has 26 heavy (non-hydrogen) atoms. The number of carboxylic acids is 1. The molecule has 0 radical (unpaired) electrons. The van der Waals surface area contributed by atoms with E-state index in [1.165, 1.54) is 69.7 Å². The SMILES string of the molecule is CCCCCCCC/C=C/CCCCCCCC(=O)N(C)CC(=O)[O-].[Na+]. The minimum Gasteiger partial charge on any atom is -0.548 e. The van der Waals surface area contributed by atoms with Crippen molar-refractivity contribution in [1.29, 1.82) is 0 Å². The van der Waals surface area contributed by atoms with Gasteiger partial charge in [-0.15, -0.1) is 0 Å². The van der Waals surface area contributed by atoms with E-state index in [1.54, 1.807) is 0 Å². The molecule has 1 amide bonds. The van der Waals surface area contributed by atoms with Crippen molar-refractivity contribution < 1.29 is 44.3 Å². The molecular weight excluding hydrogens is 337 g/mol. The number of rotatable bonds is 17. The Kier molecular flexibility index (Phi) is 22.5. The summed E-state index contributed by atoms with van der Waals surface area (Å²) in [6.07, 6.45) is 21.0. The zero-order valence-corrected chi connectivity index (χ0v) is 19.4. The minimum atomic E-state index is -1.21. The molecule has 0 heterocycles. The van der Waals surface area contributed by atoms with Crippen LogP contribution in [0.1, 0.15) is 96.8 Å². The first kappa shape index (κ1) is 27.9. The topological polar surface area (TPSA) is 60.4 Å². The van der Waals surface area contributed by atoms with Gasteiger partial charge in [0.2, 0.25) is 5.91 Å². The Bertz CT molecular complexity index is 372. The predicted octanol–water partition coefficient (Wildman–Crippen LogP) is 1.24. The van der Waals surface area contributed by atoms with Gasteiger partial charge in [-0.2, -0.15) is 0 Å². The van der Waals surface area contributed by atoms with Crippen LogP contribution >= 0.6 is 0 Å². The number of hydrogen-bond donors (Lipinski definition) is 0. The van der Waals surface area contributed by atoms with Gasteiger partial charge in [0.1, 0.15) is 0 Å². The molecule has 4 nitrogen and oxygen atoms in total. The molecule has 0 fully saturated rings. The van der Waals surface area contributed by atoms with Gasteiger partial charge in [0, 0.05) is 13.5 Å². The number of nitrogens with zero attached hydrogens (tertiary/aromatic N) is 1. The Balaban J connectivity index is 0. The fourth-order valence-electron chi connectivity index (χ4n) is 2.82. The van der Waals surface area contributed by atoms with Gasteiger partial charge in [-0.25, -0.2) is 0 Å². The molecule has 0 bridgehead atoms. The standard InChI is InChI=1S/C21H39NO3.Na/c1-3-4-5-6-7-8-9-10-11-12-13-14-15-16-17-18-20(23)22(2)19-21(24)25;/h10-11H,3-9,12-19H2,1-2H3,(H,24,25);/q;+1/p-1/b11-10+;. The van der Waals surface area contributed by atoms with Gasteiger partial charge in [-0.1, -0.05) is 70.4 Å². The van der Waals surface area contributed by atoms with E-state index in [9.17, 15) is 14.7 Å². The average molecular weight is 376 g/mol. The van der Waals surface area contributed by atoms with Gasteiger partial charge in [0.15, 0.2) is 0 Å². The molecule has 5 heteroatoms. The van der Waals surface area contributed by atoms with Crippen LogP contribution in [0.15, 0.2) is 12.2 Å². The second-order valence-electron chi connectivity index (χ2n) is 6.96. The molecule has 0 spiro atoms. The Morgan fingerprint density at radius 1 is 0.808 bits per heavy atom. The van der Waals surface area contributed by atoms with Crippen LogP contribution in [0.2, 0.25) is 0 Å². The Hall–Kier alpha value is -0.320. The first-order valence-electron chi connectivity index (χ1n) is 10.2. The van der Waals surface area contributed by atoms with Crippen LogP contribution in [0.3, 0.4) is 0 Å². The number of unbranched alkanes of at least 4 members (excludes halogenated alkanes) is 11. The van der Waals surface area contributed by atoms with Gasteiger partial charge in [0.05, 0.1) is 12.5 Å². The summed E-state index contributed by atoms with van der Waals surface area (Å²) in [5.74, 6) is -1.32. The summed E-state index contributed by atoms with van der Waals surface area (Å²) in [5.41, 5.74) is 0. The first-order chi connectivity index (χ1) is 12.1. The van der Waals surface area contributed by atoms with Crippen LogP contribution in [0, 0.1) is 0 Å². The summed E-state index contributed by atoms with van der Waals surface area (Å²) >= 11 is 0. The monoisotopic (exact) mass is 375 g/mol. The van der Waals surface area contributed by atoms with E-state index in [4.69, 9.17) is 0 Å². The maximum absolute atomic E-state index is 11.6. The van der Waals surface area contributed by atoms with Crippen molar-refractivity contribution in [2.45, 2.75) is 96.8 Å². The summed E-state index contributed by atoms with van der Waals surface area (Å²) in [6.45, 7) is 1.94. The van der Waals surface area contributed by atoms with Gasteiger partial charge >= 0.3 is 29.6 Å². The van der Waals surface area contributed by atoms with Crippen LogP contribution in [0.4, 0.5) is 0 Å². The summed E-state index contributed by atoms with van der Waals surface area (Å²) in [6, 6.07) is 0. The zero-order chi connectivity index (χ0) is 18.8. The maximum Gasteiger partial charge on any atom is 1.00 e. The van der Waals surface area contributed by atoms with Gasteiger partial charge in [0.25, 0.3) is 0 Å². The van der Waals surface area contributed by atoms with Crippen molar-refractivity contribution >= 4 is 11.9 Å². The number of amides is 1. The number of carbonyl (C=O) groups is 2. The second-order valence-corrected chi connectivity index (χ2v) is 6.96. The van der Waals surface area contributed by atoms with E-state index < -0.39 is 5.97 Å². The van der Waals surface area contributed by atoms with Crippen molar-refractivity contribution in [3.63, 3.8) is 0 Å². The molecule has 0 rings (SSSR count). The van der Waals surface area contributed by atoms with Gasteiger partial charge in [-0.05, 0) is 32.1 Å². The molecule has 0 aliphatic heterocycles. The molecule has 0 aromatic rings. The van der Waals surface area contributed by atoms with Crippen molar-refractivity contribution in [3.05, 3.63) is 12.2 Å². The first-order valence-corrected chi connectivity index (χ1v) is 10.2. The maximum atomic E-state index is 11.6. The number of likely N-dealkylation sites (N-methyl/N-ethyl adjacent to an activating group) is 1. The van der Waals surface area contributed by atoms with E-state index in [2.05, 4.69) is 19.1 Å². The van der Waals surface area contributed by atoms with Crippen LogP contribution in [0.5, 0.6) is 0 Å². The molecule has 0 atom stereocenters. The summed E-state index contributed by atoms with van der Waals surface area (Å²) in [7, 11) is 1.51. The predicted molar refractivity (Wildman–Crippen MR) is 102 cm³/mol. The van der Waals surface area contributed by atoms with Crippen LogP contribution < -0.4 is 34.7 Å². The summed E-state index contributed by atoms with van der Waals surface area (Å²) in [5, 5.41) is 10.4. The molecule has 0 aromatic heterocycles. The molecule has 0 saturated heterocycles. The molecule has 0 unspecified atom stereocenters. The fraction of sp³-hybridized carbons (Fsp3) is 0.810. The third-order valence-corrected chi connectivity index (χ3v) is 4.44. The normalized spacial score (nSPS) is 10.7. The number of carboxylic acid groups (broad SMARTS) is 1. The van der Waals surface area contributed by atoms with Gasteiger partial charge < -0.3 is 14.8 Å². The van der Waals surface area contributed by atoms with Crippen LogP contribution in [0.25, 0.3) is 0 Å². The smallest absolute Gasteiger partial charge is 0.548 e. The number of allylic oxidation sites excluding steroid dienone is 2. The van der Waals surface area contributed by atoms with E-state index >= 15 is 0 Å². The molecule has 0 N–H and O–H groups in total. The molecule has 146 valence electrons. The number of carbonyl (C=O) groups excluding carboxylic acids is 2. The van der Waals surface area contributed by atoms with E-state index in [0.717, 1.165) is 25.7 Å². The number of aliphatic carboxylic acids is 1. The van der Waals surface area contributed by atoms with Crippen molar-refractivity contribution in [3.8, 4) is 0 Å². The molecule has 0 aliphatic rings.